The van der Waals surface area contributed by atoms with Gasteiger partial charge >= 0.3 is 0 Å². The average Bonchev–Trinajstić information content (AvgIpc) is 3.36. The minimum Gasteiger partial charge on any atom is -0.312 e. The van der Waals surface area contributed by atoms with Gasteiger partial charge in [-0.2, -0.15) is 0 Å². The first-order chi connectivity index (χ1) is 13.6. The van der Waals surface area contributed by atoms with Gasteiger partial charge in [-0.25, -0.2) is 4.98 Å². The summed E-state index contributed by atoms with van der Waals surface area (Å²) < 4.78 is 0. The van der Waals surface area contributed by atoms with Crippen LogP contribution in [-0.4, -0.2) is 17.4 Å². The molecule has 1 aliphatic rings. The van der Waals surface area contributed by atoms with Crippen molar-refractivity contribution in [2.75, 3.05) is 11.4 Å². The van der Waals surface area contributed by atoms with Crippen molar-refractivity contribution < 1.29 is 4.79 Å². The second-order valence-electron chi connectivity index (χ2n) is 7.35. The molecule has 28 heavy (non-hydrogen) atoms. The van der Waals surface area contributed by atoms with Crippen molar-refractivity contribution in [3.05, 3.63) is 70.7 Å². The van der Waals surface area contributed by atoms with E-state index in [4.69, 9.17) is 4.98 Å². The molecular formula is C23H25N3OS. The summed E-state index contributed by atoms with van der Waals surface area (Å²) in [6.07, 6.45) is 1.62. The number of carbonyl (C=O) groups excluding carboxylic acids is 1. The van der Waals surface area contributed by atoms with Gasteiger partial charge in [0.15, 0.2) is 0 Å². The standard InChI is InChI=1S/C23H25N3OS/c1-16-5-7-19(8-6-16)23-25-20(15-28-23)14-24-17(2)18-9-11-21(12-10-18)26-13-3-4-22(26)27/h5-12,15,17,24H,3-4,13-14H2,1-2H3. The molecule has 2 heterocycles. The van der Waals surface area contributed by atoms with E-state index < -0.39 is 0 Å². The van der Waals surface area contributed by atoms with E-state index in [1.54, 1.807) is 11.3 Å². The molecule has 4 rings (SSSR count). The van der Waals surface area contributed by atoms with Gasteiger partial charge in [-0.05, 0) is 38.0 Å². The van der Waals surface area contributed by atoms with Crippen LogP contribution in [0.4, 0.5) is 5.69 Å². The number of hydrogen-bond donors (Lipinski definition) is 1. The van der Waals surface area contributed by atoms with Gasteiger partial charge in [-0.15, -0.1) is 11.3 Å². The smallest absolute Gasteiger partial charge is 0.227 e. The van der Waals surface area contributed by atoms with Gasteiger partial charge in [0, 0.05) is 42.2 Å². The van der Waals surface area contributed by atoms with Crippen molar-refractivity contribution in [2.24, 2.45) is 0 Å². The predicted molar refractivity (Wildman–Crippen MR) is 116 cm³/mol. The fourth-order valence-corrected chi connectivity index (χ4v) is 4.28. The Labute approximate surface area is 170 Å². The lowest BCUT2D eigenvalue weighted by molar-refractivity contribution is -0.117. The minimum atomic E-state index is 0.216. The number of benzene rings is 2. The topological polar surface area (TPSA) is 45.2 Å². The van der Waals surface area contributed by atoms with E-state index >= 15 is 0 Å². The Morgan fingerprint density at radius 3 is 2.57 bits per heavy atom. The number of aromatic nitrogens is 1. The fourth-order valence-electron chi connectivity index (χ4n) is 3.46. The summed E-state index contributed by atoms with van der Waals surface area (Å²) in [6, 6.07) is 17.0. The largest absolute Gasteiger partial charge is 0.312 e. The lowest BCUT2D eigenvalue weighted by Crippen LogP contribution is -2.23. The van der Waals surface area contributed by atoms with Crippen molar-refractivity contribution in [3.8, 4) is 10.6 Å². The number of thiazole rings is 1. The van der Waals surface area contributed by atoms with Crippen molar-refractivity contribution in [1.82, 2.24) is 10.3 Å². The van der Waals surface area contributed by atoms with Crippen LogP contribution < -0.4 is 10.2 Å². The van der Waals surface area contributed by atoms with Crippen LogP contribution in [0.1, 0.15) is 42.6 Å². The van der Waals surface area contributed by atoms with Gasteiger partial charge < -0.3 is 10.2 Å². The number of hydrogen-bond acceptors (Lipinski definition) is 4. The van der Waals surface area contributed by atoms with E-state index in [-0.39, 0.29) is 11.9 Å². The third-order valence-corrected chi connectivity index (χ3v) is 6.16. The zero-order chi connectivity index (χ0) is 19.5. The Bertz CT molecular complexity index is 947. The van der Waals surface area contributed by atoms with Crippen LogP contribution in [0.5, 0.6) is 0 Å². The highest BCUT2D eigenvalue weighted by atomic mass is 32.1. The van der Waals surface area contributed by atoms with Gasteiger partial charge in [0.2, 0.25) is 5.91 Å². The Kier molecular flexibility index (Phi) is 5.55. The van der Waals surface area contributed by atoms with Crippen molar-refractivity contribution in [1.29, 1.82) is 0 Å². The highest BCUT2D eigenvalue weighted by molar-refractivity contribution is 7.13. The van der Waals surface area contributed by atoms with Crippen molar-refractivity contribution in [2.45, 2.75) is 39.3 Å². The predicted octanol–water partition coefficient (Wildman–Crippen LogP) is 5.10. The lowest BCUT2D eigenvalue weighted by Gasteiger charge is -2.18. The highest BCUT2D eigenvalue weighted by Gasteiger charge is 2.21. The summed E-state index contributed by atoms with van der Waals surface area (Å²) >= 11 is 1.68. The van der Waals surface area contributed by atoms with E-state index in [2.05, 4.69) is 73.1 Å². The van der Waals surface area contributed by atoms with E-state index in [1.165, 1.54) is 16.7 Å². The molecule has 5 heteroatoms. The summed E-state index contributed by atoms with van der Waals surface area (Å²) in [5.74, 6) is 0.229. The molecule has 2 aromatic carbocycles. The van der Waals surface area contributed by atoms with E-state index in [1.807, 2.05) is 4.90 Å². The number of rotatable bonds is 6. The molecule has 0 aliphatic carbocycles. The van der Waals surface area contributed by atoms with Crippen LogP contribution in [0, 0.1) is 6.92 Å². The van der Waals surface area contributed by atoms with Gasteiger partial charge in [0.1, 0.15) is 5.01 Å². The summed E-state index contributed by atoms with van der Waals surface area (Å²) in [4.78, 5) is 18.5. The second kappa shape index (κ2) is 8.25. The summed E-state index contributed by atoms with van der Waals surface area (Å²) in [7, 11) is 0. The van der Waals surface area contributed by atoms with Crippen LogP contribution in [-0.2, 0) is 11.3 Å². The van der Waals surface area contributed by atoms with Crippen molar-refractivity contribution in [3.63, 3.8) is 0 Å². The van der Waals surface area contributed by atoms with E-state index in [0.29, 0.717) is 6.42 Å². The van der Waals surface area contributed by atoms with Crippen LogP contribution in [0.3, 0.4) is 0 Å². The molecule has 0 spiro atoms. The number of nitrogens with zero attached hydrogens (tertiary/aromatic N) is 2. The molecule has 1 atom stereocenters. The van der Waals surface area contributed by atoms with E-state index in [9.17, 15) is 4.79 Å². The number of aryl methyl sites for hydroxylation is 1. The molecule has 1 fully saturated rings. The van der Waals surface area contributed by atoms with Crippen molar-refractivity contribution >= 4 is 22.9 Å². The molecule has 0 saturated carbocycles. The first-order valence-electron chi connectivity index (χ1n) is 9.75. The SMILES string of the molecule is Cc1ccc(-c2nc(CNC(C)c3ccc(N4CCCC4=O)cc3)cs2)cc1. The highest BCUT2D eigenvalue weighted by Crippen LogP contribution is 2.25. The summed E-state index contributed by atoms with van der Waals surface area (Å²) in [5.41, 5.74) is 5.70. The maximum absolute atomic E-state index is 11.9. The molecule has 1 amide bonds. The lowest BCUT2D eigenvalue weighted by atomic mass is 10.1. The third kappa shape index (κ3) is 4.16. The zero-order valence-electron chi connectivity index (χ0n) is 16.3. The maximum atomic E-state index is 11.9. The first-order valence-corrected chi connectivity index (χ1v) is 10.6. The molecule has 4 nitrogen and oxygen atoms in total. The Balaban J connectivity index is 1.36. The molecule has 1 aliphatic heterocycles. The van der Waals surface area contributed by atoms with E-state index in [0.717, 1.165) is 35.9 Å². The summed E-state index contributed by atoms with van der Waals surface area (Å²) in [5, 5.41) is 6.73. The van der Waals surface area contributed by atoms with Crippen LogP contribution >= 0.6 is 11.3 Å². The Hall–Kier alpha value is -2.50. The number of anilines is 1. The first kappa shape index (κ1) is 18.8. The molecule has 1 unspecified atom stereocenters. The Morgan fingerprint density at radius 1 is 1.14 bits per heavy atom. The number of amides is 1. The zero-order valence-corrected chi connectivity index (χ0v) is 17.1. The maximum Gasteiger partial charge on any atom is 0.227 e. The molecule has 3 aromatic rings. The molecular weight excluding hydrogens is 366 g/mol. The molecule has 0 bridgehead atoms. The molecule has 1 N–H and O–H groups in total. The Morgan fingerprint density at radius 2 is 1.89 bits per heavy atom. The quantitative estimate of drug-likeness (QED) is 0.636. The molecule has 144 valence electrons. The van der Waals surface area contributed by atoms with Gasteiger partial charge in [0.05, 0.1) is 5.69 Å². The molecule has 1 saturated heterocycles. The number of carbonyl (C=O) groups is 1. The monoisotopic (exact) mass is 391 g/mol. The van der Waals surface area contributed by atoms with Gasteiger partial charge in [-0.3, -0.25) is 4.79 Å². The van der Waals surface area contributed by atoms with Crippen LogP contribution in [0.15, 0.2) is 53.9 Å². The van der Waals surface area contributed by atoms with Gasteiger partial charge in [0.25, 0.3) is 0 Å². The average molecular weight is 392 g/mol. The van der Waals surface area contributed by atoms with Gasteiger partial charge in [-0.1, -0.05) is 42.0 Å². The fraction of sp³-hybridized carbons (Fsp3) is 0.304. The van der Waals surface area contributed by atoms with Crippen LogP contribution in [0.2, 0.25) is 0 Å². The summed E-state index contributed by atoms with van der Waals surface area (Å²) in [6.45, 7) is 5.82. The third-order valence-electron chi connectivity index (χ3n) is 5.22. The number of nitrogens with one attached hydrogen (secondary N) is 1. The van der Waals surface area contributed by atoms with Crippen LogP contribution in [0.25, 0.3) is 10.6 Å². The molecule has 1 aromatic heterocycles. The second-order valence-corrected chi connectivity index (χ2v) is 8.21. The molecule has 0 radical (unpaired) electrons. The normalized spacial score (nSPS) is 15.2. The minimum absolute atomic E-state index is 0.216.